The second-order valence-electron chi connectivity index (χ2n) is 8.64. The molecule has 0 aliphatic carbocycles. The van der Waals surface area contributed by atoms with Crippen LogP contribution >= 0.6 is 11.6 Å². The van der Waals surface area contributed by atoms with Crippen molar-refractivity contribution in [2.24, 2.45) is 5.10 Å². The van der Waals surface area contributed by atoms with Crippen molar-refractivity contribution in [3.05, 3.63) is 113 Å². The predicted octanol–water partition coefficient (Wildman–Crippen LogP) is 5.28. The first-order chi connectivity index (χ1) is 19.8. The van der Waals surface area contributed by atoms with Crippen molar-refractivity contribution >= 4 is 39.4 Å². The lowest BCUT2D eigenvalue weighted by Crippen LogP contribution is -2.39. The maximum Gasteiger partial charge on any atom is 0.264 e. The monoisotopic (exact) mass is 593 g/mol. The zero-order chi connectivity index (χ0) is 29.2. The number of anilines is 1. The third kappa shape index (κ3) is 7.77. The Kier molecular flexibility index (Phi) is 9.83. The molecular weight excluding hydrogens is 566 g/mol. The average molecular weight is 594 g/mol. The summed E-state index contributed by atoms with van der Waals surface area (Å²) in [4.78, 5) is 12.7. The smallest absolute Gasteiger partial charge is 0.264 e. The van der Waals surface area contributed by atoms with Gasteiger partial charge in [-0.3, -0.25) is 9.10 Å². The summed E-state index contributed by atoms with van der Waals surface area (Å²) in [6.45, 7) is -0.111. The third-order valence-corrected chi connectivity index (χ3v) is 7.90. The zero-order valence-electron chi connectivity index (χ0n) is 22.4. The largest absolute Gasteiger partial charge is 0.493 e. The zero-order valence-corrected chi connectivity index (χ0v) is 23.9. The van der Waals surface area contributed by atoms with E-state index in [1.165, 1.54) is 38.6 Å². The predicted molar refractivity (Wildman–Crippen MR) is 158 cm³/mol. The van der Waals surface area contributed by atoms with Crippen LogP contribution in [0.1, 0.15) is 11.1 Å². The van der Waals surface area contributed by atoms with Gasteiger partial charge in [0.1, 0.15) is 18.9 Å². The van der Waals surface area contributed by atoms with Gasteiger partial charge in [0.2, 0.25) is 0 Å². The fourth-order valence-electron chi connectivity index (χ4n) is 3.76. The van der Waals surface area contributed by atoms with Crippen LogP contribution in [0.25, 0.3) is 0 Å². The van der Waals surface area contributed by atoms with Crippen LogP contribution in [0.3, 0.4) is 0 Å². The Morgan fingerprint density at radius 3 is 2.24 bits per heavy atom. The lowest BCUT2D eigenvalue weighted by atomic mass is 10.2. The standard InChI is InChI=1S/C30H28ClN3O6S/c1-38-28-17-16-27(18-29(28)39-2)41(36,37)34(25-6-4-3-5-7-25)20-30(35)33-32-19-22-10-14-26(15-11-22)40-21-23-8-12-24(31)13-9-23/h3-19H,20-21H2,1-2H3,(H,33,35)/b32-19-. The summed E-state index contributed by atoms with van der Waals surface area (Å²) in [5, 5.41) is 4.65. The van der Waals surface area contributed by atoms with E-state index in [4.69, 9.17) is 25.8 Å². The van der Waals surface area contributed by atoms with E-state index in [-0.39, 0.29) is 10.6 Å². The molecule has 0 fully saturated rings. The number of hydrazone groups is 1. The van der Waals surface area contributed by atoms with Gasteiger partial charge in [0.25, 0.3) is 15.9 Å². The van der Waals surface area contributed by atoms with E-state index in [1.54, 1.807) is 66.7 Å². The van der Waals surface area contributed by atoms with Gasteiger partial charge in [-0.1, -0.05) is 41.9 Å². The minimum absolute atomic E-state index is 0.0614. The van der Waals surface area contributed by atoms with E-state index in [0.29, 0.717) is 34.4 Å². The van der Waals surface area contributed by atoms with Crippen LogP contribution in [0.5, 0.6) is 17.2 Å². The van der Waals surface area contributed by atoms with Crippen LogP contribution in [0.15, 0.2) is 107 Å². The molecule has 1 amide bonds. The highest BCUT2D eigenvalue weighted by atomic mass is 35.5. The normalized spacial score (nSPS) is 11.2. The SMILES string of the molecule is COc1ccc(S(=O)(=O)N(CC(=O)N/N=C\c2ccc(OCc3ccc(Cl)cc3)cc2)c2ccccc2)cc1OC. The number of methoxy groups -OCH3 is 2. The van der Waals surface area contributed by atoms with E-state index in [0.717, 1.165) is 9.87 Å². The highest BCUT2D eigenvalue weighted by Crippen LogP contribution is 2.32. The lowest BCUT2D eigenvalue weighted by molar-refractivity contribution is -0.119. The number of carbonyl (C=O) groups excluding carboxylic acids is 1. The summed E-state index contributed by atoms with van der Waals surface area (Å²) >= 11 is 5.91. The number of hydrogen-bond donors (Lipinski definition) is 1. The number of ether oxygens (including phenoxy) is 3. The number of halogens is 1. The number of hydrogen-bond acceptors (Lipinski definition) is 7. The highest BCUT2D eigenvalue weighted by Gasteiger charge is 2.28. The molecule has 212 valence electrons. The van der Waals surface area contributed by atoms with Gasteiger partial charge >= 0.3 is 0 Å². The molecule has 0 radical (unpaired) electrons. The third-order valence-electron chi connectivity index (χ3n) is 5.88. The van der Waals surface area contributed by atoms with Gasteiger partial charge in [-0.25, -0.2) is 13.8 Å². The van der Waals surface area contributed by atoms with Crippen molar-refractivity contribution in [1.82, 2.24) is 5.43 Å². The van der Waals surface area contributed by atoms with Crippen LogP contribution in [0, 0.1) is 0 Å². The van der Waals surface area contributed by atoms with E-state index in [1.807, 2.05) is 12.1 Å². The number of rotatable bonds is 12. The molecule has 11 heteroatoms. The molecule has 0 spiro atoms. The van der Waals surface area contributed by atoms with Gasteiger partial charge in [-0.2, -0.15) is 5.10 Å². The topological polar surface area (TPSA) is 107 Å². The van der Waals surface area contributed by atoms with Gasteiger partial charge in [0.15, 0.2) is 11.5 Å². The fourth-order valence-corrected chi connectivity index (χ4v) is 5.32. The van der Waals surface area contributed by atoms with Crippen molar-refractivity contribution < 1.29 is 27.4 Å². The fraction of sp³-hybridized carbons (Fsp3) is 0.133. The van der Waals surface area contributed by atoms with Gasteiger partial charge in [0.05, 0.1) is 31.0 Å². The summed E-state index contributed by atoms with van der Waals surface area (Å²) in [6, 6.07) is 27.1. The molecule has 9 nitrogen and oxygen atoms in total. The number of benzene rings is 4. The summed E-state index contributed by atoms with van der Waals surface area (Å²) in [6.07, 6.45) is 1.45. The maximum absolute atomic E-state index is 13.6. The number of para-hydroxylation sites is 1. The summed E-state index contributed by atoms with van der Waals surface area (Å²) < 4.78 is 44.5. The molecule has 0 bridgehead atoms. The van der Waals surface area contributed by atoms with Gasteiger partial charge in [-0.05, 0) is 71.8 Å². The number of carbonyl (C=O) groups is 1. The number of amides is 1. The number of sulfonamides is 1. The van der Waals surface area contributed by atoms with Crippen molar-refractivity contribution in [1.29, 1.82) is 0 Å². The minimum Gasteiger partial charge on any atom is -0.493 e. The summed E-state index contributed by atoms with van der Waals surface area (Å²) in [7, 11) is -1.28. The maximum atomic E-state index is 13.6. The molecule has 0 unspecified atom stereocenters. The molecule has 0 aliphatic heterocycles. The molecule has 4 aromatic carbocycles. The molecule has 4 aromatic rings. The van der Waals surface area contributed by atoms with E-state index >= 15 is 0 Å². The molecule has 4 rings (SSSR count). The van der Waals surface area contributed by atoms with Crippen LogP contribution in [0.4, 0.5) is 5.69 Å². The summed E-state index contributed by atoms with van der Waals surface area (Å²) in [5.41, 5.74) is 4.41. The molecule has 0 atom stereocenters. The highest BCUT2D eigenvalue weighted by molar-refractivity contribution is 7.92. The Morgan fingerprint density at radius 1 is 0.902 bits per heavy atom. The molecular formula is C30H28ClN3O6S. The Bertz CT molecular complexity index is 1600. The molecule has 0 heterocycles. The molecule has 0 saturated carbocycles. The average Bonchev–Trinajstić information content (AvgIpc) is 3.00. The molecule has 0 saturated heterocycles. The Labute approximate surface area is 244 Å². The van der Waals surface area contributed by atoms with Gasteiger partial charge in [-0.15, -0.1) is 0 Å². The van der Waals surface area contributed by atoms with Crippen molar-refractivity contribution in [2.45, 2.75) is 11.5 Å². The summed E-state index contributed by atoms with van der Waals surface area (Å²) in [5.74, 6) is 0.667. The number of nitrogens with one attached hydrogen (secondary N) is 1. The van der Waals surface area contributed by atoms with Crippen LogP contribution < -0.4 is 23.9 Å². The van der Waals surface area contributed by atoms with Crippen LogP contribution in [-0.2, 0) is 21.4 Å². The van der Waals surface area contributed by atoms with E-state index < -0.39 is 22.5 Å². The van der Waals surface area contributed by atoms with Crippen molar-refractivity contribution in [3.8, 4) is 17.2 Å². The van der Waals surface area contributed by atoms with Crippen LogP contribution in [-0.4, -0.2) is 41.3 Å². The van der Waals surface area contributed by atoms with Gasteiger partial charge < -0.3 is 14.2 Å². The quantitative estimate of drug-likeness (QED) is 0.177. The van der Waals surface area contributed by atoms with E-state index in [2.05, 4.69) is 10.5 Å². The first kappa shape index (κ1) is 29.4. The van der Waals surface area contributed by atoms with Crippen molar-refractivity contribution in [3.63, 3.8) is 0 Å². The Hall–Kier alpha value is -4.54. The molecule has 1 N–H and O–H groups in total. The number of nitrogens with zero attached hydrogens (tertiary/aromatic N) is 2. The van der Waals surface area contributed by atoms with Gasteiger partial charge in [0, 0.05) is 11.1 Å². The lowest BCUT2D eigenvalue weighted by Gasteiger charge is -2.24. The first-order valence-electron chi connectivity index (χ1n) is 12.4. The second-order valence-corrected chi connectivity index (χ2v) is 10.9. The van der Waals surface area contributed by atoms with Crippen LogP contribution in [0.2, 0.25) is 5.02 Å². The Morgan fingerprint density at radius 2 is 1.59 bits per heavy atom. The molecule has 0 aromatic heterocycles. The van der Waals surface area contributed by atoms with Crippen molar-refractivity contribution in [2.75, 3.05) is 25.1 Å². The van der Waals surface area contributed by atoms with E-state index in [9.17, 15) is 13.2 Å². The molecule has 0 aliphatic rings. The second kappa shape index (κ2) is 13.7. The Balaban J connectivity index is 1.42. The first-order valence-corrected chi connectivity index (χ1v) is 14.2. The molecule has 41 heavy (non-hydrogen) atoms. The minimum atomic E-state index is -4.15.